The van der Waals surface area contributed by atoms with E-state index in [1.165, 1.54) is 11.3 Å². The number of anilines is 1. The molecule has 2 aromatic rings. The fraction of sp³-hybridized carbons (Fsp3) is 0.200. The Hall–Kier alpha value is -1.62. The summed E-state index contributed by atoms with van der Waals surface area (Å²) in [6, 6.07) is 5.64. The molecule has 0 aliphatic rings. The first-order chi connectivity index (χ1) is 7.15. The summed E-state index contributed by atoms with van der Waals surface area (Å²) < 4.78 is 5.50. The third-order valence-corrected chi connectivity index (χ3v) is 2.59. The summed E-state index contributed by atoms with van der Waals surface area (Å²) in [4.78, 5) is 0. The van der Waals surface area contributed by atoms with E-state index in [2.05, 4.69) is 10.2 Å². The quantitative estimate of drug-likeness (QED) is 0.791. The van der Waals surface area contributed by atoms with Gasteiger partial charge in [0.25, 0.3) is 5.19 Å². The van der Waals surface area contributed by atoms with Crippen molar-refractivity contribution >= 4 is 17.0 Å². The molecule has 78 valence electrons. The molecular formula is C10H11N3OS. The number of nitrogens with zero attached hydrogens (tertiary/aromatic N) is 2. The SMILES string of the molecule is Cc1ccc(Oc2nnc(C)s2)c(N)c1. The Balaban J connectivity index is 2.24. The number of rotatable bonds is 2. The van der Waals surface area contributed by atoms with Crippen molar-refractivity contribution in [2.24, 2.45) is 0 Å². The average Bonchev–Trinajstić information content (AvgIpc) is 2.56. The minimum absolute atomic E-state index is 0.517. The van der Waals surface area contributed by atoms with Crippen LogP contribution in [0.1, 0.15) is 10.6 Å². The van der Waals surface area contributed by atoms with Crippen LogP contribution in [0.25, 0.3) is 0 Å². The molecule has 2 N–H and O–H groups in total. The number of nitrogen functional groups attached to an aromatic ring is 1. The van der Waals surface area contributed by atoms with E-state index in [1.54, 1.807) is 0 Å². The van der Waals surface area contributed by atoms with Gasteiger partial charge in [-0.1, -0.05) is 22.5 Å². The van der Waals surface area contributed by atoms with Crippen LogP contribution in [0, 0.1) is 13.8 Å². The van der Waals surface area contributed by atoms with E-state index < -0.39 is 0 Å². The van der Waals surface area contributed by atoms with Crippen LogP contribution < -0.4 is 10.5 Å². The van der Waals surface area contributed by atoms with Gasteiger partial charge in [0.2, 0.25) is 0 Å². The molecule has 0 atom stereocenters. The molecule has 0 fully saturated rings. The zero-order valence-electron chi connectivity index (χ0n) is 8.52. The van der Waals surface area contributed by atoms with E-state index in [0.29, 0.717) is 16.6 Å². The summed E-state index contributed by atoms with van der Waals surface area (Å²) in [5.41, 5.74) is 7.53. The second-order valence-corrected chi connectivity index (χ2v) is 4.37. The number of hydrogen-bond acceptors (Lipinski definition) is 5. The normalized spacial score (nSPS) is 10.3. The van der Waals surface area contributed by atoms with Gasteiger partial charge >= 0.3 is 0 Å². The van der Waals surface area contributed by atoms with Crippen molar-refractivity contribution in [2.75, 3.05) is 5.73 Å². The maximum atomic E-state index is 5.81. The highest BCUT2D eigenvalue weighted by Crippen LogP contribution is 2.29. The molecule has 0 saturated carbocycles. The molecule has 1 heterocycles. The summed E-state index contributed by atoms with van der Waals surface area (Å²) >= 11 is 1.40. The number of benzene rings is 1. The van der Waals surface area contributed by atoms with Crippen molar-refractivity contribution < 1.29 is 4.74 Å². The first-order valence-electron chi connectivity index (χ1n) is 4.49. The molecule has 0 amide bonds. The molecule has 0 bridgehead atoms. The predicted molar refractivity (Wildman–Crippen MR) is 60.3 cm³/mol. The molecule has 5 heteroatoms. The first kappa shape index (κ1) is 9.92. The van der Waals surface area contributed by atoms with E-state index in [4.69, 9.17) is 10.5 Å². The molecule has 2 rings (SSSR count). The van der Waals surface area contributed by atoms with Gasteiger partial charge in [0.05, 0.1) is 5.69 Å². The summed E-state index contributed by atoms with van der Waals surface area (Å²) in [6.45, 7) is 3.86. The lowest BCUT2D eigenvalue weighted by Gasteiger charge is -2.05. The number of nitrogens with two attached hydrogens (primary N) is 1. The van der Waals surface area contributed by atoms with Gasteiger partial charge in [-0.25, -0.2) is 0 Å². The highest BCUT2D eigenvalue weighted by Gasteiger charge is 2.05. The fourth-order valence-electron chi connectivity index (χ4n) is 1.17. The third kappa shape index (κ3) is 2.24. The lowest BCUT2D eigenvalue weighted by molar-refractivity contribution is 0.475. The second kappa shape index (κ2) is 3.86. The molecular weight excluding hydrogens is 210 g/mol. The van der Waals surface area contributed by atoms with Crippen LogP contribution in [0.2, 0.25) is 0 Å². The Morgan fingerprint density at radius 3 is 2.67 bits per heavy atom. The lowest BCUT2D eigenvalue weighted by atomic mass is 10.2. The Bertz CT molecular complexity index is 481. The molecule has 0 spiro atoms. The van der Waals surface area contributed by atoms with Gasteiger partial charge < -0.3 is 10.5 Å². The van der Waals surface area contributed by atoms with Crippen LogP contribution >= 0.6 is 11.3 Å². The number of aromatic nitrogens is 2. The van der Waals surface area contributed by atoms with E-state index >= 15 is 0 Å². The zero-order valence-corrected chi connectivity index (χ0v) is 9.34. The molecule has 1 aromatic heterocycles. The van der Waals surface area contributed by atoms with Gasteiger partial charge in [0.15, 0.2) is 5.75 Å². The van der Waals surface area contributed by atoms with Gasteiger partial charge in [0.1, 0.15) is 5.01 Å². The van der Waals surface area contributed by atoms with Gasteiger partial charge in [-0.2, -0.15) is 0 Å². The monoisotopic (exact) mass is 221 g/mol. The minimum atomic E-state index is 0.517. The van der Waals surface area contributed by atoms with E-state index in [-0.39, 0.29) is 0 Å². The predicted octanol–water partition coefficient (Wildman–Crippen LogP) is 2.53. The molecule has 15 heavy (non-hydrogen) atoms. The summed E-state index contributed by atoms with van der Waals surface area (Å²) in [7, 11) is 0. The molecule has 0 unspecified atom stereocenters. The van der Waals surface area contributed by atoms with Gasteiger partial charge in [-0.3, -0.25) is 0 Å². The van der Waals surface area contributed by atoms with Crippen molar-refractivity contribution in [3.05, 3.63) is 28.8 Å². The second-order valence-electron chi connectivity index (χ2n) is 3.23. The number of ether oxygens (including phenoxy) is 1. The van der Waals surface area contributed by atoms with Crippen molar-refractivity contribution in [1.82, 2.24) is 10.2 Å². The first-order valence-corrected chi connectivity index (χ1v) is 5.31. The molecule has 0 aliphatic carbocycles. The van der Waals surface area contributed by atoms with Crippen LogP contribution in [-0.4, -0.2) is 10.2 Å². The smallest absolute Gasteiger partial charge is 0.299 e. The standard InChI is InChI=1S/C10H11N3OS/c1-6-3-4-9(8(11)5-6)14-10-13-12-7(2)15-10/h3-5H,11H2,1-2H3. The Kier molecular flexibility index (Phi) is 2.55. The molecule has 4 nitrogen and oxygen atoms in total. The van der Waals surface area contributed by atoms with Crippen molar-refractivity contribution in [2.45, 2.75) is 13.8 Å². The van der Waals surface area contributed by atoms with Gasteiger partial charge in [-0.05, 0) is 31.5 Å². The largest absolute Gasteiger partial charge is 0.428 e. The third-order valence-electron chi connectivity index (χ3n) is 1.87. The van der Waals surface area contributed by atoms with Crippen LogP contribution in [0.4, 0.5) is 5.69 Å². The van der Waals surface area contributed by atoms with Crippen LogP contribution in [0.5, 0.6) is 10.9 Å². The minimum Gasteiger partial charge on any atom is -0.428 e. The van der Waals surface area contributed by atoms with Crippen LogP contribution in [-0.2, 0) is 0 Å². The van der Waals surface area contributed by atoms with E-state index in [0.717, 1.165) is 10.6 Å². The van der Waals surface area contributed by atoms with Gasteiger partial charge in [0, 0.05) is 0 Å². The maximum Gasteiger partial charge on any atom is 0.299 e. The number of hydrogen-bond donors (Lipinski definition) is 1. The topological polar surface area (TPSA) is 61.0 Å². The Labute approximate surface area is 91.7 Å². The van der Waals surface area contributed by atoms with Crippen LogP contribution in [0.3, 0.4) is 0 Å². The highest BCUT2D eigenvalue weighted by atomic mass is 32.1. The zero-order chi connectivity index (χ0) is 10.8. The van der Waals surface area contributed by atoms with Crippen LogP contribution in [0.15, 0.2) is 18.2 Å². The molecule has 0 aliphatic heterocycles. The fourth-order valence-corrected chi connectivity index (χ4v) is 1.72. The van der Waals surface area contributed by atoms with Gasteiger partial charge in [-0.15, -0.1) is 5.10 Å². The Morgan fingerprint density at radius 1 is 1.27 bits per heavy atom. The molecule has 1 aromatic carbocycles. The summed E-state index contributed by atoms with van der Waals surface area (Å²) in [6.07, 6.45) is 0. The molecule has 0 radical (unpaired) electrons. The van der Waals surface area contributed by atoms with E-state index in [9.17, 15) is 0 Å². The lowest BCUT2D eigenvalue weighted by Crippen LogP contribution is -1.92. The van der Waals surface area contributed by atoms with Crippen molar-refractivity contribution in [3.8, 4) is 10.9 Å². The number of aryl methyl sites for hydroxylation is 2. The average molecular weight is 221 g/mol. The highest BCUT2D eigenvalue weighted by molar-refractivity contribution is 7.13. The van der Waals surface area contributed by atoms with E-state index in [1.807, 2.05) is 32.0 Å². The summed E-state index contributed by atoms with van der Waals surface area (Å²) in [5.74, 6) is 0.622. The Morgan fingerprint density at radius 2 is 2.07 bits per heavy atom. The maximum absolute atomic E-state index is 5.81. The van der Waals surface area contributed by atoms with Crippen molar-refractivity contribution in [3.63, 3.8) is 0 Å². The summed E-state index contributed by atoms with van der Waals surface area (Å²) in [5, 5.41) is 9.12. The molecule has 0 saturated heterocycles. The van der Waals surface area contributed by atoms with Crippen molar-refractivity contribution in [1.29, 1.82) is 0 Å².